The van der Waals surface area contributed by atoms with Crippen molar-refractivity contribution in [2.45, 2.75) is 44.9 Å². The van der Waals surface area contributed by atoms with E-state index in [0.717, 1.165) is 67.6 Å². The number of anilines is 2. The maximum absolute atomic E-state index is 12.5. The summed E-state index contributed by atoms with van der Waals surface area (Å²) in [5.41, 5.74) is 4.15. The van der Waals surface area contributed by atoms with E-state index in [9.17, 15) is 9.59 Å². The van der Waals surface area contributed by atoms with E-state index in [1.54, 1.807) is 6.20 Å². The van der Waals surface area contributed by atoms with Gasteiger partial charge in [-0.05, 0) is 73.9 Å². The highest BCUT2D eigenvalue weighted by Crippen LogP contribution is 2.36. The fourth-order valence-electron chi connectivity index (χ4n) is 3.68. The van der Waals surface area contributed by atoms with Gasteiger partial charge in [0.25, 0.3) is 0 Å². The molecule has 1 saturated carbocycles. The summed E-state index contributed by atoms with van der Waals surface area (Å²) in [6, 6.07) is 9.87. The second kappa shape index (κ2) is 7.91. The Hall–Kier alpha value is -2.69. The van der Waals surface area contributed by atoms with E-state index < -0.39 is 0 Å². The Balaban J connectivity index is 1.34. The van der Waals surface area contributed by atoms with Crippen LogP contribution < -0.4 is 10.2 Å². The highest BCUT2D eigenvalue weighted by atomic mass is 16.2. The molecule has 0 spiro atoms. The summed E-state index contributed by atoms with van der Waals surface area (Å²) < 4.78 is 0. The predicted octanol–water partition coefficient (Wildman–Crippen LogP) is 3.73. The van der Waals surface area contributed by atoms with Crippen molar-refractivity contribution < 1.29 is 9.59 Å². The van der Waals surface area contributed by atoms with Crippen LogP contribution in [0.4, 0.5) is 11.4 Å². The maximum atomic E-state index is 12.5. The average Bonchev–Trinajstić information content (AvgIpc) is 3.53. The number of nitrogens with one attached hydrogen (secondary N) is 1. The molecule has 140 valence electrons. The summed E-state index contributed by atoms with van der Waals surface area (Å²) in [6.45, 7) is 0.808. The summed E-state index contributed by atoms with van der Waals surface area (Å²) >= 11 is 0. The third-order valence-electron chi connectivity index (χ3n) is 5.27. The second-order valence-electron chi connectivity index (χ2n) is 7.47. The molecule has 2 heterocycles. The number of aromatic nitrogens is 1. The third kappa shape index (κ3) is 4.35. The molecule has 5 heteroatoms. The van der Waals surface area contributed by atoms with Crippen LogP contribution >= 0.6 is 0 Å². The van der Waals surface area contributed by atoms with Gasteiger partial charge in [-0.15, -0.1) is 0 Å². The van der Waals surface area contributed by atoms with E-state index in [1.807, 2.05) is 41.4 Å². The van der Waals surface area contributed by atoms with Crippen molar-refractivity contribution in [2.24, 2.45) is 5.92 Å². The van der Waals surface area contributed by atoms with Gasteiger partial charge in [-0.1, -0.05) is 6.07 Å². The lowest BCUT2D eigenvalue weighted by Gasteiger charge is -2.30. The van der Waals surface area contributed by atoms with Gasteiger partial charge < -0.3 is 10.2 Å². The molecule has 0 saturated heterocycles. The average molecular weight is 363 g/mol. The van der Waals surface area contributed by atoms with Crippen LogP contribution in [0.5, 0.6) is 0 Å². The van der Waals surface area contributed by atoms with Crippen molar-refractivity contribution in [3.05, 3.63) is 53.9 Å². The van der Waals surface area contributed by atoms with Gasteiger partial charge >= 0.3 is 0 Å². The summed E-state index contributed by atoms with van der Waals surface area (Å²) in [4.78, 5) is 30.8. The number of aryl methyl sites for hydroxylation is 2. The van der Waals surface area contributed by atoms with Crippen LogP contribution in [0.25, 0.3) is 0 Å². The van der Waals surface area contributed by atoms with Crippen LogP contribution in [0.3, 0.4) is 0 Å². The number of pyridine rings is 1. The minimum Gasteiger partial charge on any atom is -0.326 e. The molecule has 1 fully saturated rings. The molecular weight excluding hydrogens is 338 g/mol. The number of hydrogen-bond acceptors (Lipinski definition) is 3. The first-order valence-corrected chi connectivity index (χ1v) is 9.84. The van der Waals surface area contributed by atoms with Crippen LogP contribution in [-0.2, 0) is 22.4 Å². The molecule has 2 amide bonds. The Morgan fingerprint density at radius 1 is 1.22 bits per heavy atom. The number of amides is 2. The first-order valence-electron chi connectivity index (χ1n) is 9.84. The molecule has 2 aromatic rings. The zero-order chi connectivity index (χ0) is 18.6. The normalized spacial score (nSPS) is 15.9. The molecular formula is C22H25N3O2. The number of nitrogens with zero attached hydrogens (tertiary/aromatic N) is 2. The Kier molecular flexibility index (Phi) is 5.19. The summed E-state index contributed by atoms with van der Waals surface area (Å²) in [5.74, 6) is 0.527. The monoisotopic (exact) mass is 363 g/mol. The molecule has 1 aliphatic carbocycles. The summed E-state index contributed by atoms with van der Waals surface area (Å²) in [7, 11) is 0. The van der Waals surface area contributed by atoms with Crippen molar-refractivity contribution in [2.75, 3.05) is 16.8 Å². The van der Waals surface area contributed by atoms with Crippen molar-refractivity contribution in [3.8, 4) is 0 Å². The Bertz CT molecular complexity index is 831. The van der Waals surface area contributed by atoms with Crippen molar-refractivity contribution in [1.29, 1.82) is 0 Å². The van der Waals surface area contributed by atoms with Crippen LogP contribution in [-0.4, -0.2) is 23.3 Å². The van der Waals surface area contributed by atoms with Crippen LogP contribution in [0.2, 0.25) is 0 Å². The molecule has 27 heavy (non-hydrogen) atoms. The first-order chi connectivity index (χ1) is 13.2. The summed E-state index contributed by atoms with van der Waals surface area (Å²) in [5, 5.41) is 3.00. The first kappa shape index (κ1) is 17.7. The maximum Gasteiger partial charge on any atom is 0.230 e. The molecule has 0 unspecified atom stereocenters. The number of benzene rings is 1. The van der Waals surface area contributed by atoms with Gasteiger partial charge in [0.1, 0.15) is 0 Å². The van der Waals surface area contributed by atoms with Crippen LogP contribution in [0, 0.1) is 5.92 Å². The van der Waals surface area contributed by atoms with Gasteiger partial charge in [0, 0.05) is 42.7 Å². The second-order valence-corrected chi connectivity index (χ2v) is 7.47. The van der Waals surface area contributed by atoms with Gasteiger partial charge in [-0.25, -0.2) is 0 Å². The van der Waals surface area contributed by atoms with Gasteiger partial charge in [-0.2, -0.15) is 0 Å². The summed E-state index contributed by atoms with van der Waals surface area (Å²) in [6.07, 6.45) is 9.72. The number of hydrogen-bond donors (Lipinski definition) is 1. The fraction of sp³-hybridized carbons (Fsp3) is 0.409. The number of carbonyl (C=O) groups is 2. The Morgan fingerprint density at radius 2 is 2.11 bits per heavy atom. The number of rotatable bonds is 6. The highest BCUT2D eigenvalue weighted by molar-refractivity contribution is 5.98. The molecule has 0 radical (unpaired) electrons. The van der Waals surface area contributed by atoms with E-state index in [-0.39, 0.29) is 17.7 Å². The fourth-order valence-corrected chi connectivity index (χ4v) is 3.68. The predicted molar refractivity (Wildman–Crippen MR) is 106 cm³/mol. The number of carbonyl (C=O) groups excluding carboxylic acids is 2. The molecule has 1 N–H and O–H groups in total. The van der Waals surface area contributed by atoms with Gasteiger partial charge in [0.05, 0.1) is 0 Å². The minimum atomic E-state index is 0.0283. The molecule has 1 aromatic carbocycles. The minimum absolute atomic E-state index is 0.0283. The number of fused-ring (bicyclic) bond motifs is 1. The lowest BCUT2D eigenvalue weighted by molar-refractivity contribution is -0.120. The molecule has 0 bridgehead atoms. The Labute approximate surface area is 159 Å². The largest absolute Gasteiger partial charge is 0.326 e. The lowest BCUT2D eigenvalue weighted by Crippen LogP contribution is -2.36. The van der Waals surface area contributed by atoms with Crippen molar-refractivity contribution >= 4 is 23.2 Å². The van der Waals surface area contributed by atoms with E-state index in [4.69, 9.17) is 0 Å². The molecule has 5 nitrogen and oxygen atoms in total. The van der Waals surface area contributed by atoms with Crippen molar-refractivity contribution in [3.63, 3.8) is 0 Å². The topological polar surface area (TPSA) is 62.3 Å². The standard InChI is InChI=1S/C22H25N3O2/c26-21(7-1-4-16-5-2-12-23-15-16)24-19-10-11-20-18(14-19)6-3-13-25(20)22(27)17-8-9-17/h2,5,10-12,14-15,17H,1,3-4,6-9,13H2,(H,24,26). The van der Waals surface area contributed by atoms with E-state index in [0.29, 0.717) is 6.42 Å². The van der Waals surface area contributed by atoms with E-state index >= 15 is 0 Å². The molecule has 1 aliphatic heterocycles. The highest BCUT2D eigenvalue weighted by Gasteiger charge is 2.35. The van der Waals surface area contributed by atoms with Gasteiger partial charge in [0.2, 0.25) is 11.8 Å². The van der Waals surface area contributed by atoms with Crippen LogP contribution in [0.1, 0.15) is 43.2 Å². The Morgan fingerprint density at radius 3 is 2.89 bits per heavy atom. The van der Waals surface area contributed by atoms with Crippen molar-refractivity contribution in [1.82, 2.24) is 4.98 Å². The van der Waals surface area contributed by atoms with Gasteiger partial charge in [0.15, 0.2) is 0 Å². The van der Waals surface area contributed by atoms with E-state index in [1.165, 1.54) is 0 Å². The third-order valence-corrected chi connectivity index (χ3v) is 5.27. The van der Waals surface area contributed by atoms with E-state index in [2.05, 4.69) is 10.3 Å². The van der Waals surface area contributed by atoms with Crippen LogP contribution in [0.15, 0.2) is 42.7 Å². The quantitative estimate of drug-likeness (QED) is 0.850. The molecule has 1 aromatic heterocycles. The smallest absolute Gasteiger partial charge is 0.230 e. The zero-order valence-corrected chi connectivity index (χ0v) is 15.5. The zero-order valence-electron chi connectivity index (χ0n) is 15.5. The SMILES string of the molecule is O=C(CCCc1cccnc1)Nc1ccc2c(c1)CCCN2C(=O)C1CC1. The molecule has 2 aliphatic rings. The van der Waals surface area contributed by atoms with Gasteiger partial charge in [-0.3, -0.25) is 14.6 Å². The lowest BCUT2D eigenvalue weighted by atomic mass is 10.0. The molecule has 4 rings (SSSR count). The molecule has 0 atom stereocenters.